The number of hydrazine groups is 1. The van der Waals surface area contributed by atoms with Crippen LogP contribution < -0.4 is 15.8 Å². The van der Waals surface area contributed by atoms with Crippen LogP contribution in [0.25, 0.3) is 0 Å². The zero-order valence-corrected chi connectivity index (χ0v) is 17.6. The molecule has 162 valence electrons. The lowest BCUT2D eigenvalue weighted by Crippen LogP contribution is -2.44. The lowest BCUT2D eigenvalue weighted by molar-refractivity contribution is -0.152. The Kier molecular flexibility index (Phi) is 7.25. The number of ether oxygens (including phenoxy) is 1. The SMILES string of the molecule is CCc1ccccc1N1C[C@@H](C(=O)OCC(=O)NNC(=O)c2ccccc2Cl)CC1=O. The van der Waals surface area contributed by atoms with Gasteiger partial charge in [-0.15, -0.1) is 0 Å². The largest absolute Gasteiger partial charge is 0.455 e. The molecule has 0 radical (unpaired) electrons. The molecule has 1 aliphatic heterocycles. The van der Waals surface area contributed by atoms with Gasteiger partial charge in [-0.3, -0.25) is 30.0 Å². The van der Waals surface area contributed by atoms with Crippen LogP contribution in [-0.2, 0) is 25.5 Å². The number of halogens is 1. The highest BCUT2D eigenvalue weighted by Gasteiger charge is 2.37. The van der Waals surface area contributed by atoms with Crippen LogP contribution in [0.5, 0.6) is 0 Å². The van der Waals surface area contributed by atoms with E-state index in [0.29, 0.717) is 0 Å². The molecule has 0 aliphatic carbocycles. The number of aryl methyl sites for hydroxylation is 1. The second-order valence-electron chi connectivity index (χ2n) is 6.98. The number of rotatable bonds is 6. The number of para-hydroxylation sites is 1. The number of hydrogen-bond donors (Lipinski definition) is 2. The van der Waals surface area contributed by atoms with Crippen LogP contribution >= 0.6 is 11.6 Å². The molecule has 1 atom stereocenters. The zero-order valence-electron chi connectivity index (χ0n) is 16.9. The first-order valence-electron chi connectivity index (χ1n) is 9.79. The molecule has 3 rings (SSSR count). The van der Waals surface area contributed by atoms with E-state index < -0.39 is 30.3 Å². The van der Waals surface area contributed by atoms with Crippen molar-refractivity contribution in [1.29, 1.82) is 0 Å². The minimum absolute atomic E-state index is 0.0156. The maximum atomic E-state index is 12.4. The highest BCUT2D eigenvalue weighted by atomic mass is 35.5. The number of carbonyl (C=O) groups is 4. The summed E-state index contributed by atoms with van der Waals surface area (Å²) < 4.78 is 5.03. The van der Waals surface area contributed by atoms with Gasteiger partial charge in [-0.05, 0) is 30.2 Å². The summed E-state index contributed by atoms with van der Waals surface area (Å²) in [6, 6.07) is 13.9. The van der Waals surface area contributed by atoms with E-state index in [2.05, 4.69) is 10.9 Å². The molecule has 9 heteroatoms. The Morgan fingerprint density at radius 2 is 1.81 bits per heavy atom. The fraction of sp³-hybridized carbons (Fsp3) is 0.273. The van der Waals surface area contributed by atoms with Gasteiger partial charge in [0.15, 0.2) is 6.61 Å². The van der Waals surface area contributed by atoms with E-state index in [0.717, 1.165) is 17.7 Å². The summed E-state index contributed by atoms with van der Waals surface area (Å²) in [6.07, 6.45) is 0.775. The number of carbonyl (C=O) groups excluding carboxylic acids is 4. The fourth-order valence-electron chi connectivity index (χ4n) is 3.30. The van der Waals surface area contributed by atoms with Gasteiger partial charge in [0.05, 0.1) is 16.5 Å². The lowest BCUT2D eigenvalue weighted by Gasteiger charge is -2.19. The van der Waals surface area contributed by atoms with Crippen molar-refractivity contribution in [1.82, 2.24) is 10.9 Å². The third kappa shape index (κ3) is 5.40. The molecule has 3 amide bonds. The Labute approximate surface area is 184 Å². The van der Waals surface area contributed by atoms with E-state index in [-0.39, 0.29) is 29.5 Å². The highest BCUT2D eigenvalue weighted by Crippen LogP contribution is 2.29. The average Bonchev–Trinajstić information content (AvgIpc) is 3.17. The molecule has 0 unspecified atom stereocenters. The first-order chi connectivity index (χ1) is 14.9. The first kappa shape index (κ1) is 22.3. The Morgan fingerprint density at radius 1 is 1.10 bits per heavy atom. The van der Waals surface area contributed by atoms with Crippen molar-refractivity contribution < 1.29 is 23.9 Å². The first-order valence-corrected chi connectivity index (χ1v) is 10.2. The zero-order chi connectivity index (χ0) is 22.4. The molecule has 0 aromatic heterocycles. The molecule has 1 fully saturated rings. The smallest absolute Gasteiger partial charge is 0.311 e. The van der Waals surface area contributed by atoms with Crippen molar-refractivity contribution in [3.05, 3.63) is 64.7 Å². The van der Waals surface area contributed by atoms with Crippen molar-refractivity contribution in [2.75, 3.05) is 18.1 Å². The molecule has 1 heterocycles. The van der Waals surface area contributed by atoms with E-state index in [4.69, 9.17) is 16.3 Å². The third-order valence-electron chi connectivity index (χ3n) is 4.90. The summed E-state index contributed by atoms with van der Waals surface area (Å²) in [4.78, 5) is 50.3. The quantitative estimate of drug-likeness (QED) is 0.526. The summed E-state index contributed by atoms with van der Waals surface area (Å²) in [7, 11) is 0. The second kappa shape index (κ2) is 10.1. The Hall–Kier alpha value is -3.39. The molecule has 31 heavy (non-hydrogen) atoms. The van der Waals surface area contributed by atoms with Crippen molar-refractivity contribution >= 4 is 41.0 Å². The molecule has 8 nitrogen and oxygen atoms in total. The van der Waals surface area contributed by atoms with Gasteiger partial charge in [0.25, 0.3) is 11.8 Å². The Morgan fingerprint density at radius 3 is 2.55 bits per heavy atom. The predicted octanol–water partition coefficient (Wildman–Crippen LogP) is 2.26. The van der Waals surface area contributed by atoms with Gasteiger partial charge in [-0.2, -0.15) is 0 Å². The van der Waals surface area contributed by atoms with Crippen LogP contribution in [0.15, 0.2) is 48.5 Å². The maximum Gasteiger partial charge on any atom is 0.311 e. The number of esters is 1. The Balaban J connectivity index is 1.48. The molecule has 0 spiro atoms. The molecular formula is C22H22ClN3O5. The molecular weight excluding hydrogens is 422 g/mol. The van der Waals surface area contributed by atoms with Crippen molar-refractivity contribution in [2.45, 2.75) is 19.8 Å². The molecule has 2 aromatic rings. The van der Waals surface area contributed by atoms with E-state index in [1.54, 1.807) is 23.1 Å². The van der Waals surface area contributed by atoms with E-state index in [1.807, 2.05) is 31.2 Å². The summed E-state index contributed by atoms with van der Waals surface area (Å²) in [5.41, 5.74) is 6.35. The van der Waals surface area contributed by atoms with Crippen LogP contribution in [0.4, 0.5) is 5.69 Å². The third-order valence-corrected chi connectivity index (χ3v) is 5.23. The minimum atomic E-state index is -0.716. The van der Waals surface area contributed by atoms with Gasteiger partial charge >= 0.3 is 5.97 Å². The number of benzene rings is 2. The number of nitrogens with zero attached hydrogens (tertiary/aromatic N) is 1. The normalized spacial score (nSPS) is 15.5. The van der Waals surface area contributed by atoms with Crippen LogP contribution in [0.1, 0.15) is 29.3 Å². The van der Waals surface area contributed by atoms with Gasteiger partial charge in [0, 0.05) is 18.7 Å². The average molecular weight is 444 g/mol. The number of hydrogen-bond acceptors (Lipinski definition) is 5. The fourth-order valence-corrected chi connectivity index (χ4v) is 3.52. The predicted molar refractivity (Wildman–Crippen MR) is 114 cm³/mol. The number of amides is 3. The van der Waals surface area contributed by atoms with Gasteiger partial charge in [0.1, 0.15) is 0 Å². The molecule has 0 saturated carbocycles. The van der Waals surface area contributed by atoms with Crippen LogP contribution in [0, 0.1) is 5.92 Å². The standard InChI is InChI=1S/C22H22ClN3O5/c1-2-14-7-3-6-10-18(14)26-12-15(11-20(26)28)22(30)31-13-19(27)24-25-21(29)16-8-4-5-9-17(16)23/h3-10,15H,2,11-13H2,1H3,(H,24,27)(H,25,29)/t15-/m0/s1. The van der Waals surface area contributed by atoms with E-state index in [9.17, 15) is 19.2 Å². The maximum absolute atomic E-state index is 12.4. The monoisotopic (exact) mass is 443 g/mol. The Bertz CT molecular complexity index is 1010. The summed E-state index contributed by atoms with van der Waals surface area (Å²) >= 11 is 5.92. The summed E-state index contributed by atoms with van der Waals surface area (Å²) in [6.45, 7) is 1.60. The summed E-state index contributed by atoms with van der Waals surface area (Å²) in [5, 5.41) is 0.237. The van der Waals surface area contributed by atoms with Gasteiger partial charge in [-0.25, -0.2) is 0 Å². The molecule has 0 bridgehead atoms. The minimum Gasteiger partial charge on any atom is -0.455 e. The topological polar surface area (TPSA) is 105 Å². The second-order valence-corrected chi connectivity index (χ2v) is 7.38. The van der Waals surface area contributed by atoms with Crippen LogP contribution in [-0.4, -0.2) is 36.8 Å². The lowest BCUT2D eigenvalue weighted by atomic mass is 10.1. The number of anilines is 1. The van der Waals surface area contributed by atoms with Crippen molar-refractivity contribution in [3.8, 4) is 0 Å². The van der Waals surface area contributed by atoms with Crippen LogP contribution in [0.2, 0.25) is 5.02 Å². The van der Waals surface area contributed by atoms with Gasteiger partial charge in [0.2, 0.25) is 5.91 Å². The summed E-state index contributed by atoms with van der Waals surface area (Å²) in [5.74, 6) is -2.79. The van der Waals surface area contributed by atoms with Crippen molar-refractivity contribution in [3.63, 3.8) is 0 Å². The number of nitrogens with one attached hydrogen (secondary N) is 2. The molecule has 1 saturated heterocycles. The van der Waals surface area contributed by atoms with E-state index >= 15 is 0 Å². The highest BCUT2D eigenvalue weighted by molar-refractivity contribution is 6.33. The van der Waals surface area contributed by atoms with Crippen molar-refractivity contribution in [2.24, 2.45) is 5.92 Å². The van der Waals surface area contributed by atoms with Crippen LogP contribution in [0.3, 0.4) is 0 Å². The molecule has 2 N–H and O–H groups in total. The molecule has 2 aromatic carbocycles. The van der Waals surface area contributed by atoms with Gasteiger partial charge < -0.3 is 9.64 Å². The van der Waals surface area contributed by atoms with E-state index in [1.165, 1.54) is 6.07 Å². The van der Waals surface area contributed by atoms with Gasteiger partial charge in [-0.1, -0.05) is 48.9 Å². The molecule has 1 aliphatic rings.